The Balaban J connectivity index is 3.91. The van der Waals surface area contributed by atoms with Crippen LogP contribution in [-0.4, -0.2) is 59.2 Å². The normalized spacial score (nSPS) is 12.5. The van der Waals surface area contributed by atoms with Crippen LogP contribution < -0.4 is 11.1 Å². The van der Waals surface area contributed by atoms with E-state index < -0.39 is 26.2 Å². The van der Waals surface area contributed by atoms with Crippen LogP contribution in [-0.2, 0) is 19.0 Å². The van der Waals surface area contributed by atoms with Gasteiger partial charge in [0.2, 0.25) is 0 Å². The molecule has 3 N–H and O–H groups in total. The van der Waals surface area contributed by atoms with E-state index in [1.165, 1.54) is 13.0 Å². The second-order valence-corrected chi connectivity index (χ2v) is 13.3. The van der Waals surface area contributed by atoms with Crippen molar-refractivity contribution < 1.29 is 23.8 Å². The molecule has 0 aromatic rings. The lowest BCUT2D eigenvalue weighted by Crippen LogP contribution is -2.33. The molecule has 154 valence electrons. The highest BCUT2D eigenvalue weighted by molar-refractivity contribution is 6.76. The zero-order valence-electron chi connectivity index (χ0n) is 17.0. The maximum Gasteiger partial charge on any atom is 0.407 e. The van der Waals surface area contributed by atoms with Gasteiger partial charge in [-0.15, -0.1) is 0 Å². The number of carbonyl (C=O) groups is 2. The summed E-state index contributed by atoms with van der Waals surface area (Å²) >= 11 is 0. The molecule has 7 nitrogen and oxygen atoms in total. The summed E-state index contributed by atoms with van der Waals surface area (Å²) in [4.78, 5) is 22.9. The highest BCUT2D eigenvalue weighted by atomic mass is 28.3. The Labute approximate surface area is 159 Å². The molecule has 1 amide bonds. The van der Waals surface area contributed by atoms with Crippen molar-refractivity contribution in [3.05, 3.63) is 0 Å². The summed E-state index contributed by atoms with van der Waals surface area (Å²) < 4.78 is 15.9. The van der Waals surface area contributed by atoms with Crippen LogP contribution in [0, 0.1) is 0 Å². The maximum atomic E-state index is 11.7. The van der Waals surface area contributed by atoms with Gasteiger partial charge in [-0.2, -0.15) is 0 Å². The number of hydrogen-bond acceptors (Lipinski definition) is 6. The van der Waals surface area contributed by atoms with E-state index in [1.807, 2.05) is 0 Å². The number of esters is 1. The van der Waals surface area contributed by atoms with E-state index in [0.717, 1.165) is 32.1 Å². The number of carbonyl (C=O) groups excluding carboxylic acids is 2. The van der Waals surface area contributed by atoms with Crippen molar-refractivity contribution >= 4 is 20.1 Å². The molecule has 0 radical (unpaired) electrons. The van der Waals surface area contributed by atoms with E-state index in [-0.39, 0.29) is 13.2 Å². The van der Waals surface area contributed by atoms with Crippen molar-refractivity contribution in [3.63, 3.8) is 0 Å². The fourth-order valence-corrected chi connectivity index (χ4v) is 3.51. The van der Waals surface area contributed by atoms with Gasteiger partial charge in [0.15, 0.2) is 6.10 Å². The smallest absolute Gasteiger partial charge is 0.407 e. The van der Waals surface area contributed by atoms with Crippen molar-refractivity contribution in [1.29, 1.82) is 0 Å². The van der Waals surface area contributed by atoms with Crippen LogP contribution in [0.4, 0.5) is 4.79 Å². The highest BCUT2D eigenvalue weighted by Gasteiger charge is 2.16. The van der Waals surface area contributed by atoms with Gasteiger partial charge in [-0.3, -0.25) is 4.79 Å². The van der Waals surface area contributed by atoms with Crippen molar-refractivity contribution in [2.75, 3.05) is 32.9 Å². The van der Waals surface area contributed by atoms with E-state index in [0.29, 0.717) is 19.7 Å². The van der Waals surface area contributed by atoms with Crippen LogP contribution in [0.15, 0.2) is 0 Å². The molecule has 0 bridgehead atoms. The monoisotopic (exact) mass is 390 g/mol. The minimum Gasteiger partial charge on any atom is -0.456 e. The quantitative estimate of drug-likeness (QED) is 0.253. The molecule has 0 saturated carbocycles. The number of hydrogen-bond donors (Lipinski definition) is 2. The molecule has 0 spiro atoms. The Morgan fingerprint density at radius 1 is 1.04 bits per heavy atom. The number of ether oxygens (including phenoxy) is 3. The minimum absolute atomic E-state index is 0.00733. The number of rotatable bonds is 15. The first-order valence-electron chi connectivity index (χ1n) is 9.60. The third-order valence-electron chi connectivity index (χ3n) is 3.65. The van der Waals surface area contributed by atoms with E-state index in [4.69, 9.17) is 19.9 Å². The molecule has 0 aromatic carbocycles. The van der Waals surface area contributed by atoms with E-state index in [1.54, 1.807) is 0 Å². The topological polar surface area (TPSA) is 99.9 Å². The molecule has 0 aliphatic heterocycles. The first-order valence-corrected chi connectivity index (χ1v) is 13.3. The zero-order chi connectivity index (χ0) is 19.8. The number of alkyl carbamates (subject to hydrolysis) is 1. The lowest BCUT2D eigenvalue weighted by Gasteiger charge is -2.19. The van der Waals surface area contributed by atoms with Crippen LogP contribution in [0.1, 0.15) is 39.0 Å². The van der Waals surface area contributed by atoms with Crippen LogP contribution in [0.25, 0.3) is 0 Å². The minimum atomic E-state index is -1.06. The Morgan fingerprint density at radius 2 is 1.73 bits per heavy atom. The molecule has 0 aliphatic rings. The van der Waals surface area contributed by atoms with Crippen molar-refractivity contribution in [2.24, 2.45) is 5.73 Å². The molecule has 0 fully saturated rings. The van der Waals surface area contributed by atoms with Gasteiger partial charge in [0.05, 0.1) is 6.61 Å². The van der Waals surface area contributed by atoms with Crippen LogP contribution in [0.2, 0.25) is 25.7 Å². The summed E-state index contributed by atoms with van der Waals surface area (Å²) in [5.74, 6) is -0.412. The molecular formula is C18H38N2O5Si. The lowest BCUT2D eigenvalue weighted by molar-refractivity contribution is -0.152. The van der Waals surface area contributed by atoms with Crippen LogP contribution >= 0.6 is 0 Å². The first kappa shape index (κ1) is 24.9. The molecule has 0 aliphatic carbocycles. The Morgan fingerprint density at radius 3 is 2.35 bits per heavy atom. The Kier molecular flexibility index (Phi) is 14.3. The van der Waals surface area contributed by atoms with Gasteiger partial charge in [-0.05, 0) is 25.8 Å². The van der Waals surface area contributed by atoms with Gasteiger partial charge in [0, 0.05) is 28.1 Å². The summed E-state index contributed by atoms with van der Waals surface area (Å²) in [7, 11) is -1.06. The molecule has 1 atom stereocenters. The molecule has 0 heterocycles. The predicted molar refractivity (Wildman–Crippen MR) is 106 cm³/mol. The number of unbranched alkanes of at least 4 members (excludes halogenated alkanes) is 3. The van der Waals surface area contributed by atoms with Gasteiger partial charge in [-0.1, -0.05) is 38.5 Å². The van der Waals surface area contributed by atoms with E-state index in [9.17, 15) is 9.59 Å². The van der Waals surface area contributed by atoms with Gasteiger partial charge in [-0.25, -0.2) is 4.79 Å². The van der Waals surface area contributed by atoms with Crippen LogP contribution in [0.5, 0.6) is 0 Å². The largest absolute Gasteiger partial charge is 0.456 e. The van der Waals surface area contributed by atoms with Crippen LogP contribution in [0.3, 0.4) is 0 Å². The molecule has 1 unspecified atom stereocenters. The molecule has 26 heavy (non-hydrogen) atoms. The average molecular weight is 391 g/mol. The number of nitrogens with one attached hydrogen (secondary N) is 1. The number of nitrogens with two attached hydrogens (primary N) is 1. The van der Waals surface area contributed by atoms with Crippen molar-refractivity contribution in [3.8, 4) is 0 Å². The third-order valence-corrected chi connectivity index (χ3v) is 5.51. The average Bonchev–Trinajstić information content (AvgIpc) is 2.53. The Bertz CT molecular complexity index is 388. The van der Waals surface area contributed by atoms with Gasteiger partial charge < -0.3 is 25.3 Å². The first-order chi connectivity index (χ1) is 12.2. The fourth-order valence-electron chi connectivity index (χ4n) is 2.30. The van der Waals surface area contributed by atoms with Crippen molar-refractivity contribution in [2.45, 2.75) is 70.8 Å². The SMILES string of the molecule is CC(=O)OC(COCCC[Si](C)(C)C)COC(=O)NCCCCCCN. The summed E-state index contributed by atoms with van der Waals surface area (Å²) in [6.45, 7) is 10.4. The predicted octanol–water partition coefficient (Wildman–Crippen LogP) is 2.91. The second kappa shape index (κ2) is 15.0. The summed E-state index contributed by atoms with van der Waals surface area (Å²) in [5, 5.41) is 2.69. The summed E-state index contributed by atoms with van der Waals surface area (Å²) in [6, 6.07) is 1.19. The molecule has 8 heteroatoms. The van der Waals surface area contributed by atoms with Gasteiger partial charge >= 0.3 is 12.1 Å². The van der Waals surface area contributed by atoms with Gasteiger partial charge in [0.1, 0.15) is 6.61 Å². The summed E-state index contributed by atoms with van der Waals surface area (Å²) in [6.07, 6.45) is 3.91. The molecule has 0 saturated heterocycles. The molecule has 0 rings (SSSR count). The Hall–Kier alpha value is -1.12. The number of amides is 1. The second-order valence-electron chi connectivity index (χ2n) is 7.70. The molecule has 0 aromatic heterocycles. The molecular weight excluding hydrogens is 352 g/mol. The van der Waals surface area contributed by atoms with E-state index >= 15 is 0 Å². The van der Waals surface area contributed by atoms with Gasteiger partial charge in [0.25, 0.3) is 0 Å². The third kappa shape index (κ3) is 17.7. The lowest BCUT2D eigenvalue weighted by atomic mass is 10.2. The summed E-state index contributed by atoms with van der Waals surface area (Å²) in [5.41, 5.74) is 5.43. The standard InChI is InChI=1S/C18H38N2O5Si/c1-16(21)25-17(14-23-12-9-13-26(2,3)4)15-24-18(22)20-11-8-6-5-7-10-19/h17H,5-15,19H2,1-4H3,(H,20,22). The fraction of sp³-hybridized carbons (Fsp3) is 0.889. The zero-order valence-corrected chi connectivity index (χ0v) is 18.0. The van der Waals surface area contributed by atoms with E-state index in [2.05, 4.69) is 25.0 Å². The maximum absolute atomic E-state index is 11.7. The van der Waals surface area contributed by atoms with Crippen molar-refractivity contribution in [1.82, 2.24) is 5.32 Å². The highest BCUT2D eigenvalue weighted by Crippen LogP contribution is 2.11.